The molecule has 4 heteroatoms. The summed E-state index contributed by atoms with van der Waals surface area (Å²) in [6.45, 7) is 0. The highest BCUT2D eigenvalue weighted by Gasteiger charge is 2.30. The van der Waals surface area contributed by atoms with Crippen LogP contribution < -0.4 is 0 Å². The topological polar surface area (TPSA) is 51.6 Å². The lowest BCUT2D eigenvalue weighted by Crippen LogP contribution is -1.89. The van der Waals surface area contributed by atoms with Crippen molar-refractivity contribution in [2.75, 3.05) is 0 Å². The normalized spacial score (nSPS) is 13.0. The largest absolute Gasteiger partial charge is 0.244 e. The van der Waals surface area contributed by atoms with E-state index in [1.54, 1.807) is 0 Å². The molecule has 7 aromatic carbocycles. The lowest BCUT2D eigenvalue weighted by Gasteiger charge is -2.16. The van der Waals surface area contributed by atoms with E-state index in [4.69, 9.17) is 19.9 Å². The van der Waals surface area contributed by atoms with E-state index in [-0.39, 0.29) is 0 Å². The fourth-order valence-electron chi connectivity index (χ4n) is 7.43. The second-order valence-corrected chi connectivity index (χ2v) is 11.0. The van der Waals surface area contributed by atoms with Gasteiger partial charge in [0.05, 0.1) is 44.8 Å². The average molecular weight is 505 g/mol. The van der Waals surface area contributed by atoms with Gasteiger partial charge in [-0.15, -0.1) is 0 Å². The van der Waals surface area contributed by atoms with E-state index in [1.807, 2.05) is 48.5 Å². The molecule has 0 saturated heterocycles. The Bertz CT molecular complexity index is 2290. The molecule has 0 N–H and O–H groups in total. The predicted molar refractivity (Wildman–Crippen MR) is 163 cm³/mol. The van der Waals surface area contributed by atoms with Crippen molar-refractivity contribution in [1.82, 2.24) is 19.9 Å². The Morgan fingerprint density at radius 2 is 0.550 bits per heavy atom. The molecule has 9 aromatic rings. The van der Waals surface area contributed by atoms with Crippen LogP contribution in [-0.4, -0.2) is 19.9 Å². The molecule has 180 valence electrons. The van der Waals surface area contributed by atoms with E-state index < -0.39 is 0 Å². The minimum atomic E-state index is 0.932. The minimum absolute atomic E-state index is 0.932. The molecule has 0 atom stereocenters. The van der Waals surface area contributed by atoms with Crippen molar-refractivity contribution in [2.24, 2.45) is 0 Å². The van der Waals surface area contributed by atoms with Crippen molar-refractivity contribution < 1.29 is 0 Å². The third-order valence-electron chi connectivity index (χ3n) is 9.06. The number of hydrogen-bond donors (Lipinski definition) is 0. The zero-order valence-corrected chi connectivity index (χ0v) is 21.0. The lowest BCUT2D eigenvalue weighted by atomic mass is 9.86. The van der Waals surface area contributed by atoms with E-state index in [1.165, 1.54) is 65.3 Å². The Hall–Kier alpha value is -5.48. The molecule has 40 heavy (non-hydrogen) atoms. The molecule has 0 bridgehead atoms. The van der Waals surface area contributed by atoms with E-state index in [0.717, 1.165) is 44.8 Å². The van der Waals surface area contributed by atoms with E-state index in [9.17, 15) is 0 Å². The Balaban J connectivity index is 1.30. The van der Waals surface area contributed by atoms with E-state index >= 15 is 0 Å². The van der Waals surface area contributed by atoms with Crippen LogP contribution in [0.3, 0.4) is 0 Å². The molecule has 2 aromatic heterocycles. The summed E-state index contributed by atoms with van der Waals surface area (Å²) in [5.41, 5.74) is 12.4. The van der Waals surface area contributed by atoms with Crippen molar-refractivity contribution in [1.29, 1.82) is 0 Å². The van der Waals surface area contributed by atoms with Crippen LogP contribution in [0, 0.1) is 0 Å². The molecule has 2 aliphatic rings. The van der Waals surface area contributed by atoms with Crippen LogP contribution >= 0.6 is 0 Å². The number of hydrogen-bond acceptors (Lipinski definition) is 4. The third-order valence-corrected chi connectivity index (χ3v) is 9.06. The second-order valence-electron chi connectivity index (χ2n) is 11.0. The van der Waals surface area contributed by atoms with E-state index in [2.05, 4.69) is 48.5 Å². The van der Waals surface area contributed by atoms with Gasteiger partial charge in [0.15, 0.2) is 0 Å². The Morgan fingerprint density at radius 1 is 0.275 bits per heavy atom. The second kappa shape index (κ2) is 6.38. The zero-order valence-electron chi connectivity index (χ0n) is 21.0. The quantitative estimate of drug-likeness (QED) is 0.153. The highest BCUT2D eigenvalue weighted by Crippen LogP contribution is 2.54. The number of benzene rings is 7. The van der Waals surface area contributed by atoms with Crippen LogP contribution in [0.15, 0.2) is 97.1 Å². The number of aromatic nitrogens is 4. The molecule has 0 unspecified atom stereocenters. The maximum Gasteiger partial charge on any atom is 0.0979 e. The van der Waals surface area contributed by atoms with Gasteiger partial charge in [0, 0.05) is 33.0 Å². The summed E-state index contributed by atoms with van der Waals surface area (Å²) in [5.74, 6) is 0. The highest BCUT2D eigenvalue weighted by molar-refractivity contribution is 6.39. The summed E-state index contributed by atoms with van der Waals surface area (Å²) < 4.78 is 0. The third kappa shape index (κ3) is 2.08. The molecular formula is C36H16N4. The Kier molecular flexibility index (Phi) is 3.12. The maximum atomic E-state index is 5.08. The van der Waals surface area contributed by atoms with Gasteiger partial charge in [0.1, 0.15) is 0 Å². The maximum absolute atomic E-state index is 5.08. The smallest absolute Gasteiger partial charge is 0.0979 e. The summed E-state index contributed by atoms with van der Waals surface area (Å²) in [7, 11) is 0. The summed E-state index contributed by atoms with van der Waals surface area (Å²) >= 11 is 0. The zero-order chi connectivity index (χ0) is 25.7. The standard InChI is InChI=1S/C36H16N4/c1-2-6-26-25(5-1)37-33-21-13-9-17-19-11-15-23-32-24(36-35(23)39-27-7-3-4-8-28(27)40-36)16-12-20(30(19)32)18-10-14-22(34(33)38-26)31(21)29(17)18/h1-16H. The minimum Gasteiger partial charge on any atom is -0.244 e. The molecule has 2 aliphatic carbocycles. The number of nitrogens with zero attached hydrogens (tertiary/aromatic N) is 4. The molecule has 0 spiro atoms. The van der Waals surface area contributed by atoms with Gasteiger partial charge in [-0.25, -0.2) is 19.9 Å². The van der Waals surface area contributed by atoms with Gasteiger partial charge in [0.25, 0.3) is 0 Å². The number of fused-ring (bicyclic) bond motifs is 10. The Morgan fingerprint density at radius 3 is 0.825 bits per heavy atom. The fourth-order valence-corrected chi connectivity index (χ4v) is 7.43. The first-order valence-corrected chi connectivity index (χ1v) is 13.6. The van der Waals surface area contributed by atoms with Crippen LogP contribution in [0.1, 0.15) is 0 Å². The van der Waals surface area contributed by atoms with Gasteiger partial charge >= 0.3 is 0 Å². The van der Waals surface area contributed by atoms with Gasteiger partial charge in [-0.05, 0) is 56.6 Å². The van der Waals surface area contributed by atoms with Gasteiger partial charge in [-0.3, -0.25) is 0 Å². The molecule has 11 rings (SSSR count). The monoisotopic (exact) mass is 504 g/mol. The molecule has 0 radical (unpaired) electrons. The molecule has 0 fully saturated rings. The SMILES string of the molecule is c1ccc2nc3c(nc2c1)-c1ccc2c4ccc5c6c(ccc(c7ccc-3c1c27)c64)-c1nc2ccccc2nc1-5. The Labute approximate surface area is 226 Å². The van der Waals surface area contributed by atoms with Crippen molar-refractivity contribution >= 4 is 65.2 Å². The fraction of sp³-hybridized carbons (Fsp3) is 0. The van der Waals surface area contributed by atoms with Crippen molar-refractivity contribution in [3.05, 3.63) is 97.1 Å². The van der Waals surface area contributed by atoms with Crippen LogP contribution in [0.4, 0.5) is 0 Å². The van der Waals surface area contributed by atoms with Crippen molar-refractivity contribution in [3.8, 4) is 45.0 Å². The number of para-hydroxylation sites is 4. The van der Waals surface area contributed by atoms with Crippen molar-refractivity contribution in [2.45, 2.75) is 0 Å². The molecule has 4 nitrogen and oxygen atoms in total. The van der Waals surface area contributed by atoms with Gasteiger partial charge in [-0.2, -0.15) is 0 Å². The van der Waals surface area contributed by atoms with Gasteiger partial charge in [0.2, 0.25) is 0 Å². The summed E-state index contributed by atoms with van der Waals surface area (Å²) in [6.07, 6.45) is 0. The lowest BCUT2D eigenvalue weighted by molar-refractivity contribution is 1.32. The van der Waals surface area contributed by atoms with Crippen molar-refractivity contribution in [3.63, 3.8) is 0 Å². The predicted octanol–water partition coefficient (Wildman–Crippen LogP) is 8.92. The molecule has 2 heterocycles. The molecule has 0 aliphatic heterocycles. The van der Waals surface area contributed by atoms with Crippen LogP contribution in [0.2, 0.25) is 0 Å². The first kappa shape index (κ1) is 19.6. The average Bonchev–Trinajstić information content (AvgIpc) is 3.50. The molecular weight excluding hydrogens is 488 g/mol. The summed E-state index contributed by atoms with van der Waals surface area (Å²) in [5, 5.41) is 10.2. The van der Waals surface area contributed by atoms with Gasteiger partial charge < -0.3 is 0 Å². The first-order valence-electron chi connectivity index (χ1n) is 13.6. The molecule has 0 amide bonds. The summed E-state index contributed by atoms with van der Waals surface area (Å²) in [4.78, 5) is 20.3. The summed E-state index contributed by atoms with van der Waals surface area (Å²) in [6, 6.07) is 34.4. The van der Waals surface area contributed by atoms with Gasteiger partial charge in [-0.1, -0.05) is 72.8 Å². The first-order chi connectivity index (χ1) is 19.8. The van der Waals surface area contributed by atoms with Crippen LogP contribution in [0.25, 0.3) is 110 Å². The van der Waals surface area contributed by atoms with Crippen LogP contribution in [0.5, 0.6) is 0 Å². The number of rotatable bonds is 0. The highest BCUT2D eigenvalue weighted by atomic mass is 14.8. The van der Waals surface area contributed by atoms with Crippen LogP contribution in [-0.2, 0) is 0 Å². The molecule has 0 saturated carbocycles. The van der Waals surface area contributed by atoms with E-state index in [0.29, 0.717) is 0 Å².